The third-order valence-electron chi connectivity index (χ3n) is 5.58. The maximum absolute atomic E-state index is 14.9. The number of hydrogen-bond donors (Lipinski definition) is 0. The van der Waals surface area contributed by atoms with Crippen LogP contribution in [0.1, 0.15) is 29.8 Å². The molecule has 1 atom stereocenters. The molecule has 0 spiro atoms. The first-order chi connectivity index (χ1) is 15.6. The van der Waals surface area contributed by atoms with Crippen molar-refractivity contribution < 1.29 is 9.13 Å². The van der Waals surface area contributed by atoms with Gasteiger partial charge in [0.1, 0.15) is 11.6 Å². The van der Waals surface area contributed by atoms with Crippen molar-refractivity contribution >= 4 is 17.5 Å². The van der Waals surface area contributed by atoms with Gasteiger partial charge in [-0.15, -0.1) is 10.2 Å². The molecule has 0 fully saturated rings. The van der Waals surface area contributed by atoms with Crippen LogP contribution in [-0.2, 0) is 0 Å². The van der Waals surface area contributed by atoms with Crippen LogP contribution in [0.5, 0.6) is 5.75 Å². The molecule has 5 nitrogen and oxygen atoms in total. The van der Waals surface area contributed by atoms with Gasteiger partial charge in [0.25, 0.3) is 0 Å². The topological polar surface area (TPSA) is 52.3 Å². The van der Waals surface area contributed by atoms with Gasteiger partial charge in [0, 0.05) is 17.2 Å². The van der Waals surface area contributed by atoms with Crippen molar-refractivity contribution in [1.29, 1.82) is 0 Å². The summed E-state index contributed by atoms with van der Waals surface area (Å²) < 4.78 is 22.0. The highest BCUT2D eigenvalue weighted by Gasteiger charge is 2.24. The Balaban J connectivity index is 1.46. The number of halogens is 1. The highest BCUT2D eigenvalue weighted by Crippen LogP contribution is 2.32. The largest absolute Gasteiger partial charge is 0.497 e. The first kappa shape index (κ1) is 20.5. The molecule has 0 saturated heterocycles. The lowest BCUT2D eigenvalue weighted by Gasteiger charge is -2.17. The van der Waals surface area contributed by atoms with Gasteiger partial charge >= 0.3 is 0 Å². The van der Waals surface area contributed by atoms with Gasteiger partial charge < -0.3 is 4.74 Å². The molecule has 0 bridgehead atoms. The fourth-order valence-corrected chi connectivity index (χ4v) is 4.58. The minimum Gasteiger partial charge on any atom is -0.497 e. The van der Waals surface area contributed by atoms with Gasteiger partial charge in [0.15, 0.2) is 5.82 Å². The number of methoxy groups -OCH3 is 1. The number of fused-ring (bicyclic) bond motifs is 1. The zero-order chi connectivity index (χ0) is 22.1. The van der Waals surface area contributed by atoms with E-state index in [1.54, 1.807) is 29.6 Å². The lowest BCUT2D eigenvalue weighted by atomic mass is 9.96. The van der Waals surface area contributed by atoms with Crippen LogP contribution in [0, 0.1) is 5.82 Å². The summed E-state index contributed by atoms with van der Waals surface area (Å²) in [4.78, 5) is 0. The number of benzene rings is 3. The van der Waals surface area contributed by atoms with Gasteiger partial charge in [-0.05, 0) is 47.0 Å². The maximum atomic E-state index is 14.9. The monoisotopic (exact) mass is 444 g/mol. The smallest absolute Gasteiger partial charge is 0.212 e. The van der Waals surface area contributed by atoms with Crippen LogP contribution < -0.4 is 4.74 Å². The van der Waals surface area contributed by atoms with E-state index in [0.717, 1.165) is 33.3 Å². The van der Waals surface area contributed by atoms with E-state index < -0.39 is 0 Å². The van der Waals surface area contributed by atoms with Gasteiger partial charge in [-0.25, -0.2) is 4.39 Å². The van der Waals surface area contributed by atoms with Crippen LogP contribution in [0.15, 0.2) is 83.1 Å². The second kappa shape index (κ2) is 8.59. The molecule has 1 aromatic heterocycles. The number of hydrogen-bond acceptors (Lipinski definition) is 5. The van der Waals surface area contributed by atoms with Crippen molar-refractivity contribution in [3.05, 3.63) is 95.6 Å². The second-order valence-electron chi connectivity index (χ2n) is 7.54. The first-order valence-corrected chi connectivity index (χ1v) is 11.3. The molecule has 1 aliphatic heterocycles. The predicted molar refractivity (Wildman–Crippen MR) is 125 cm³/mol. The van der Waals surface area contributed by atoms with Crippen molar-refractivity contribution in [3.63, 3.8) is 0 Å². The number of thioether (sulfide) groups is 1. The molecular formula is C25H21FN4OS. The quantitative estimate of drug-likeness (QED) is 0.402. The molecule has 0 N–H and O–H groups in total. The lowest BCUT2D eigenvalue weighted by molar-refractivity contribution is 0.415. The third-order valence-corrected chi connectivity index (χ3v) is 6.51. The Kier molecular flexibility index (Phi) is 5.49. The van der Waals surface area contributed by atoms with E-state index in [9.17, 15) is 4.39 Å². The van der Waals surface area contributed by atoms with Crippen molar-refractivity contribution in [2.45, 2.75) is 18.0 Å². The van der Waals surface area contributed by atoms with E-state index in [2.05, 4.69) is 10.2 Å². The summed E-state index contributed by atoms with van der Waals surface area (Å²) in [7, 11) is 1.65. The van der Waals surface area contributed by atoms with Gasteiger partial charge in [-0.2, -0.15) is 9.78 Å². The molecule has 1 unspecified atom stereocenters. The van der Waals surface area contributed by atoms with Crippen LogP contribution in [0.4, 0.5) is 4.39 Å². The molecule has 0 radical (unpaired) electrons. The Morgan fingerprint density at radius 3 is 2.47 bits per heavy atom. The highest BCUT2D eigenvalue weighted by atomic mass is 32.2. The number of aromatic nitrogens is 3. The highest BCUT2D eigenvalue weighted by molar-refractivity contribution is 7.99. The molecular weight excluding hydrogens is 423 g/mol. The Morgan fingerprint density at radius 2 is 1.75 bits per heavy atom. The van der Waals surface area contributed by atoms with E-state index in [1.165, 1.54) is 0 Å². The first-order valence-electron chi connectivity index (χ1n) is 10.3. The number of nitrogens with zero attached hydrogens (tertiary/aromatic N) is 4. The normalized spacial score (nSPS) is 13.9. The van der Waals surface area contributed by atoms with Crippen LogP contribution in [-0.4, -0.2) is 33.4 Å². The van der Waals surface area contributed by atoms with Crippen molar-refractivity contribution in [1.82, 2.24) is 14.9 Å². The lowest BCUT2D eigenvalue weighted by Crippen LogP contribution is -2.15. The molecule has 7 heteroatoms. The average molecular weight is 445 g/mol. The Hall–Kier alpha value is -3.45. The van der Waals surface area contributed by atoms with Gasteiger partial charge in [-0.3, -0.25) is 0 Å². The summed E-state index contributed by atoms with van der Waals surface area (Å²) in [5.74, 6) is 1.77. The molecule has 0 saturated carbocycles. The average Bonchev–Trinajstić information content (AvgIpc) is 3.27. The van der Waals surface area contributed by atoms with Crippen LogP contribution in [0.2, 0.25) is 0 Å². The van der Waals surface area contributed by atoms with E-state index in [-0.39, 0.29) is 11.7 Å². The Morgan fingerprint density at radius 1 is 0.969 bits per heavy atom. The fraction of sp³-hybridized carbons (Fsp3) is 0.160. The second-order valence-corrected chi connectivity index (χ2v) is 8.49. The standard InChI is InChI=1S/C25H21FN4OS/c1-16(19-10-13-21(22(26)14-19)17-6-4-3-5-7-17)24-27-28-25-30(24)29-23(15-32-25)18-8-11-20(31-2)12-9-18/h3-14,16H,15H2,1-2H3. The van der Waals surface area contributed by atoms with E-state index >= 15 is 0 Å². The Labute approximate surface area is 190 Å². The van der Waals surface area contributed by atoms with Gasteiger partial charge in [-0.1, -0.05) is 61.2 Å². The van der Waals surface area contributed by atoms with Crippen molar-refractivity contribution in [3.8, 4) is 16.9 Å². The summed E-state index contributed by atoms with van der Waals surface area (Å²) in [6.07, 6.45) is 0. The minimum atomic E-state index is -0.254. The molecule has 3 aromatic carbocycles. The molecule has 5 rings (SSSR count). The minimum absolute atomic E-state index is 0.171. The summed E-state index contributed by atoms with van der Waals surface area (Å²) >= 11 is 1.59. The molecule has 2 heterocycles. The van der Waals surface area contributed by atoms with E-state index in [0.29, 0.717) is 17.1 Å². The van der Waals surface area contributed by atoms with Crippen LogP contribution >= 0.6 is 11.8 Å². The van der Waals surface area contributed by atoms with E-state index in [1.807, 2.05) is 73.7 Å². The molecule has 0 aliphatic carbocycles. The predicted octanol–water partition coefficient (Wildman–Crippen LogP) is 5.60. The van der Waals surface area contributed by atoms with Gasteiger partial charge in [0.05, 0.1) is 12.8 Å². The zero-order valence-electron chi connectivity index (χ0n) is 17.7. The summed E-state index contributed by atoms with van der Waals surface area (Å²) in [5, 5.41) is 14.2. The fourth-order valence-electron chi connectivity index (χ4n) is 3.74. The van der Waals surface area contributed by atoms with Crippen LogP contribution in [0.3, 0.4) is 0 Å². The van der Waals surface area contributed by atoms with Crippen molar-refractivity contribution in [2.75, 3.05) is 12.9 Å². The van der Waals surface area contributed by atoms with Gasteiger partial charge in [0.2, 0.25) is 5.16 Å². The van der Waals surface area contributed by atoms with E-state index in [4.69, 9.17) is 9.84 Å². The third kappa shape index (κ3) is 3.80. The summed E-state index contributed by atoms with van der Waals surface area (Å²) in [6.45, 7) is 2.00. The molecule has 1 aliphatic rings. The molecule has 0 amide bonds. The maximum Gasteiger partial charge on any atom is 0.212 e. The zero-order valence-corrected chi connectivity index (χ0v) is 18.5. The van der Waals surface area contributed by atoms with Crippen molar-refractivity contribution in [2.24, 2.45) is 5.10 Å². The summed E-state index contributed by atoms with van der Waals surface area (Å²) in [5.41, 5.74) is 4.22. The SMILES string of the molecule is COc1ccc(C2=Nn3c(nnc3C(C)c3ccc(-c4ccccc4)c(F)c3)SC2)cc1. The molecule has 4 aromatic rings. The Bertz CT molecular complexity index is 1290. The summed E-state index contributed by atoms with van der Waals surface area (Å²) in [6, 6.07) is 22.7. The molecule has 32 heavy (non-hydrogen) atoms. The number of rotatable bonds is 5. The van der Waals surface area contributed by atoms with Crippen LogP contribution in [0.25, 0.3) is 11.1 Å². The molecule has 160 valence electrons. The number of ether oxygens (including phenoxy) is 1.